The standard InChI is InChI=1S/C25H33N7O/c1-3-26-25(27-16-19-8-6-10-21(14-19)24-29-18-30-31-24)28-17-23(32-12-4-5-13-32)20-9-7-11-22(15-20)33-2/h6-11,14-15,18,23H,3-5,12-13,16-17H2,1-2H3,(H2,26,27,28)(H,29,30,31). The number of guanidine groups is 1. The summed E-state index contributed by atoms with van der Waals surface area (Å²) in [5.74, 6) is 2.47. The Bertz CT molecular complexity index is 1030. The number of H-pyrrole nitrogens is 1. The molecule has 2 aromatic carbocycles. The summed E-state index contributed by atoms with van der Waals surface area (Å²) in [5.41, 5.74) is 3.38. The Morgan fingerprint density at radius 2 is 2.00 bits per heavy atom. The molecule has 1 aliphatic rings. The molecule has 2 heterocycles. The summed E-state index contributed by atoms with van der Waals surface area (Å²) in [6.45, 7) is 6.47. The number of methoxy groups -OCH3 is 1. The number of aromatic amines is 1. The smallest absolute Gasteiger partial charge is 0.191 e. The number of aromatic nitrogens is 3. The molecule has 0 amide bonds. The minimum absolute atomic E-state index is 0.265. The highest BCUT2D eigenvalue weighted by atomic mass is 16.5. The molecule has 174 valence electrons. The second-order valence-corrected chi connectivity index (χ2v) is 8.15. The third-order valence-electron chi connectivity index (χ3n) is 5.90. The van der Waals surface area contributed by atoms with Crippen molar-refractivity contribution < 1.29 is 4.74 Å². The first-order valence-electron chi connectivity index (χ1n) is 11.6. The number of nitrogens with zero attached hydrogens (tertiary/aromatic N) is 4. The van der Waals surface area contributed by atoms with E-state index >= 15 is 0 Å². The van der Waals surface area contributed by atoms with Crippen LogP contribution in [0.15, 0.2) is 59.9 Å². The Kier molecular flexibility index (Phi) is 7.92. The minimum Gasteiger partial charge on any atom is -0.497 e. The van der Waals surface area contributed by atoms with Gasteiger partial charge in [-0.3, -0.25) is 10.00 Å². The van der Waals surface area contributed by atoms with Gasteiger partial charge in [0, 0.05) is 18.7 Å². The molecule has 1 fully saturated rings. The maximum atomic E-state index is 5.47. The van der Waals surface area contributed by atoms with Crippen molar-refractivity contribution in [1.82, 2.24) is 30.7 Å². The molecule has 0 aliphatic carbocycles. The summed E-state index contributed by atoms with van der Waals surface area (Å²) < 4.78 is 5.47. The molecule has 1 saturated heterocycles. The van der Waals surface area contributed by atoms with Crippen molar-refractivity contribution in [2.45, 2.75) is 32.4 Å². The quantitative estimate of drug-likeness (QED) is 0.344. The molecule has 0 bridgehead atoms. The van der Waals surface area contributed by atoms with E-state index in [0.717, 1.165) is 54.8 Å². The molecule has 0 saturated carbocycles. The van der Waals surface area contributed by atoms with Gasteiger partial charge in [-0.1, -0.05) is 30.3 Å². The van der Waals surface area contributed by atoms with E-state index in [1.165, 1.54) is 24.7 Å². The number of nitrogens with one attached hydrogen (secondary N) is 3. The van der Waals surface area contributed by atoms with Crippen LogP contribution in [0.5, 0.6) is 5.75 Å². The highest BCUT2D eigenvalue weighted by Crippen LogP contribution is 2.27. The lowest BCUT2D eigenvalue weighted by atomic mass is 10.1. The average Bonchev–Trinajstić information content (AvgIpc) is 3.58. The summed E-state index contributed by atoms with van der Waals surface area (Å²) in [7, 11) is 1.72. The maximum Gasteiger partial charge on any atom is 0.191 e. The fourth-order valence-electron chi connectivity index (χ4n) is 4.23. The monoisotopic (exact) mass is 447 g/mol. The third-order valence-corrected chi connectivity index (χ3v) is 5.90. The zero-order chi connectivity index (χ0) is 22.9. The predicted octanol–water partition coefficient (Wildman–Crippen LogP) is 3.37. The van der Waals surface area contributed by atoms with Crippen LogP contribution in [-0.4, -0.2) is 59.3 Å². The lowest BCUT2D eigenvalue weighted by Gasteiger charge is -2.29. The van der Waals surface area contributed by atoms with E-state index in [-0.39, 0.29) is 6.04 Å². The summed E-state index contributed by atoms with van der Waals surface area (Å²) in [4.78, 5) is 11.6. The second kappa shape index (κ2) is 11.5. The number of ether oxygens (including phenoxy) is 1. The topological polar surface area (TPSA) is 90.5 Å². The van der Waals surface area contributed by atoms with Crippen LogP contribution in [0.1, 0.15) is 36.9 Å². The van der Waals surface area contributed by atoms with Crippen molar-refractivity contribution in [3.8, 4) is 17.1 Å². The fourth-order valence-corrected chi connectivity index (χ4v) is 4.23. The Hall–Kier alpha value is -3.39. The molecule has 3 aromatic rings. The lowest BCUT2D eigenvalue weighted by molar-refractivity contribution is 0.245. The molecule has 3 N–H and O–H groups in total. The maximum absolute atomic E-state index is 5.47. The average molecular weight is 448 g/mol. The fraction of sp³-hybridized carbons (Fsp3) is 0.400. The Morgan fingerprint density at radius 3 is 2.76 bits per heavy atom. The van der Waals surface area contributed by atoms with Gasteiger partial charge < -0.3 is 15.4 Å². The zero-order valence-electron chi connectivity index (χ0n) is 19.4. The lowest BCUT2D eigenvalue weighted by Crippen LogP contribution is -2.42. The number of aliphatic imine (C=N–C) groups is 1. The first-order chi connectivity index (χ1) is 16.3. The number of benzene rings is 2. The van der Waals surface area contributed by atoms with E-state index in [1.807, 2.05) is 18.2 Å². The van der Waals surface area contributed by atoms with Gasteiger partial charge in [-0.2, -0.15) is 5.10 Å². The van der Waals surface area contributed by atoms with Crippen molar-refractivity contribution in [3.05, 3.63) is 66.0 Å². The van der Waals surface area contributed by atoms with E-state index < -0.39 is 0 Å². The Balaban J connectivity index is 1.46. The molecular formula is C25H33N7O. The molecule has 8 nitrogen and oxygen atoms in total. The molecule has 33 heavy (non-hydrogen) atoms. The predicted molar refractivity (Wildman–Crippen MR) is 131 cm³/mol. The van der Waals surface area contributed by atoms with Crippen molar-refractivity contribution >= 4 is 5.96 Å². The molecule has 1 unspecified atom stereocenters. The first kappa shape index (κ1) is 22.8. The van der Waals surface area contributed by atoms with Crippen LogP contribution in [0.2, 0.25) is 0 Å². The summed E-state index contributed by atoms with van der Waals surface area (Å²) in [5, 5.41) is 13.8. The molecule has 0 spiro atoms. The zero-order valence-corrected chi connectivity index (χ0v) is 19.4. The van der Waals surface area contributed by atoms with Gasteiger partial charge in [-0.25, -0.2) is 9.98 Å². The van der Waals surface area contributed by atoms with Gasteiger partial charge in [-0.15, -0.1) is 0 Å². The highest BCUT2D eigenvalue weighted by Gasteiger charge is 2.24. The van der Waals surface area contributed by atoms with Crippen LogP contribution in [0, 0.1) is 0 Å². The number of hydrogen-bond donors (Lipinski definition) is 3. The second-order valence-electron chi connectivity index (χ2n) is 8.15. The van der Waals surface area contributed by atoms with Crippen molar-refractivity contribution in [3.63, 3.8) is 0 Å². The molecule has 4 rings (SSSR count). The van der Waals surface area contributed by atoms with Gasteiger partial charge in [0.2, 0.25) is 0 Å². The van der Waals surface area contributed by atoms with Gasteiger partial charge in [0.25, 0.3) is 0 Å². The third kappa shape index (κ3) is 6.10. The van der Waals surface area contributed by atoms with Crippen LogP contribution in [0.4, 0.5) is 0 Å². The van der Waals surface area contributed by atoms with Crippen LogP contribution in [-0.2, 0) is 6.54 Å². The van der Waals surface area contributed by atoms with Crippen LogP contribution in [0.3, 0.4) is 0 Å². The van der Waals surface area contributed by atoms with Crippen LogP contribution < -0.4 is 15.4 Å². The van der Waals surface area contributed by atoms with Gasteiger partial charge in [0.15, 0.2) is 11.8 Å². The molecular weight excluding hydrogens is 414 g/mol. The number of likely N-dealkylation sites (tertiary alicyclic amines) is 1. The van der Waals surface area contributed by atoms with E-state index in [2.05, 4.69) is 68.0 Å². The first-order valence-corrected chi connectivity index (χ1v) is 11.6. The van der Waals surface area contributed by atoms with Crippen molar-refractivity contribution in [1.29, 1.82) is 0 Å². The van der Waals surface area contributed by atoms with E-state index in [0.29, 0.717) is 6.54 Å². The van der Waals surface area contributed by atoms with Crippen molar-refractivity contribution in [2.75, 3.05) is 33.3 Å². The van der Waals surface area contributed by atoms with Gasteiger partial charge in [-0.05, 0) is 62.2 Å². The van der Waals surface area contributed by atoms with E-state index in [9.17, 15) is 0 Å². The van der Waals surface area contributed by atoms with Gasteiger partial charge in [0.05, 0.1) is 19.7 Å². The van der Waals surface area contributed by atoms with Crippen LogP contribution in [0.25, 0.3) is 11.4 Å². The molecule has 8 heteroatoms. The van der Waals surface area contributed by atoms with Crippen molar-refractivity contribution in [2.24, 2.45) is 4.99 Å². The largest absolute Gasteiger partial charge is 0.497 e. The van der Waals surface area contributed by atoms with Gasteiger partial charge in [0.1, 0.15) is 12.1 Å². The number of hydrogen-bond acceptors (Lipinski definition) is 5. The summed E-state index contributed by atoms with van der Waals surface area (Å²) >= 11 is 0. The highest BCUT2D eigenvalue weighted by molar-refractivity contribution is 5.79. The Morgan fingerprint density at radius 1 is 1.15 bits per heavy atom. The van der Waals surface area contributed by atoms with E-state index in [1.54, 1.807) is 7.11 Å². The van der Waals surface area contributed by atoms with E-state index in [4.69, 9.17) is 9.73 Å². The van der Waals surface area contributed by atoms with Crippen LogP contribution >= 0.6 is 0 Å². The summed E-state index contributed by atoms with van der Waals surface area (Å²) in [6.07, 6.45) is 4.01. The molecule has 0 radical (unpaired) electrons. The summed E-state index contributed by atoms with van der Waals surface area (Å²) in [6, 6.07) is 16.9. The molecule has 1 aromatic heterocycles. The molecule has 1 aliphatic heterocycles. The normalized spacial score (nSPS) is 15.4. The SMILES string of the molecule is CCNC(=NCc1cccc(-c2ncn[nH]2)c1)NCC(c1cccc(OC)c1)N1CCCC1. The number of rotatable bonds is 9. The Labute approximate surface area is 195 Å². The van der Waals surface area contributed by atoms with Gasteiger partial charge >= 0.3 is 0 Å². The molecule has 1 atom stereocenters. The minimum atomic E-state index is 0.265.